The van der Waals surface area contributed by atoms with Crippen molar-refractivity contribution in [3.8, 4) is 0 Å². The van der Waals surface area contributed by atoms with Crippen molar-refractivity contribution in [2.24, 2.45) is 5.10 Å². The van der Waals surface area contributed by atoms with E-state index in [2.05, 4.69) is 15.8 Å². The molecular formula is C16H13Cl2N3O2. The van der Waals surface area contributed by atoms with Gasteiger partial charge in [-0.1, -0.05) is 41.4 Å². The average molecular weight is 350 g/mol. The van der Waals surface area contributed by atoms with Crippen LogP contribution in [-0.4, -0.2) is 24.6 Å². The van der Waals surface area contributed by atoms with Crippen LogP contribution in [0.3, 0.4) is 0 Å². The highest BCUT2D eigenvalue weighted by Gasteiger charge is 2.07. The largest absolute Gasteiger partial charge is 0.343 e. The van der Waals surface area contributed by atoms with Gasteiger partial charge < -0.3 is 5.32 Å². The topological polar surface area (TPSA) is 70.6 Å². The van der Waals surface area contributed by atoms with Crippen molar-refractivity contribution in [3.05, 3.63) is 69.7 Å². The van der Waals surface area contributed by atoms with Crippen LogP contribution in [0.5, 0.6) is 0 Å². The predicted molar refractivity (Wildman–Crippen MR) is 91.0 cm³/mol. The molecule has 0 bridgehead atoms. The third-order valence-electron chi connectivity index (χ3n) is 2.77. The second-order valence-corrected chi connectivity index (χ2v) is 5.41. The number of amides is 2. The molecule has 2 N–H and O–H groups in total. The van der Waals surface area contributed by atoms with Crippen molar-refractivity contribution in [2.45, 2.75) is 0 Å². The van der Waals surface area contributed by atoms with Crippen LogP contribution in [0.25, 0.3) is 0 Å². The molecule has 2 amide bonds. The maximum absolute atomic E-state index is 11.8. The second-order valence-electron chi connectivity index (χ2n) is 4.54. The summed E-state index contributed by atoms with van der Waals surface area (Å²) in [4.78, 5) is 23.4. The van der Waals surface area contributed by atoms with E-state index in [0.29, 0.717) is 15.6 Å². The van der Waals surface area contributed by atoms with Crippen molar-refractivity contribution in [1.82, 2.24) is 10.7 Å². The number of hydrogen-bond acceptors (Lipinski definition) is 3. The minimum atomic E-state index is -0.439. The van der Waals surface area contributed by atoms with Gasteiger partial charge in [0.25, 0.3) is 11.8 Å². The standard InChI is InChI=1S/C16H13Cl2N3O2/c17-13-6-4-11(5-7-13)9-20-21-15(22)10-19-16(23)12-2-1-3-14(18)8-12/h1-9H,10H2,(H,19,23)(H,21,22)/b20-9+. The van der Waals surface area contributed by atoms with E-state index in [0.717, 1.165) is 5.56 Å². The highest BCUT2D eigenvalue weighted by Crippen LogP contribution is 2.10. The summed E-state index contributed by atoms with van der Waals surface area (Å²) in [7, 11) is 0. The number of carbonyl (C=O) groups is 2. The van der Waals surface area contributed by atoms with Crippen molar-refractivity contribution in [2.75, 3.05) is 6.54 Å². The lowest BCUT2D eigenvalue weighted by atomic mass is 10.2. The Bertz CT molecular complexity index is 730. The fourth-order valence-corrected chi connectivity index (χ4v) is 1.98. The molecule has 0 spiro atoms. The van der Waals surface area contributed by atoms with E-state index in [1.54, 1.807) is 42.5 Å². The number of hydrazone groups is 1. The fraction of sp³-hybridized carbons (Fsp3) is 0.0625. The van der Waals surface area contributed by atoms with E-state index in [1.165, 1.54) is 12.3 Å². The average Bonchev–Trinajstić information content (AvgIpc) is 2.54. The van der Waals surface area contributed by atoms with Gasteiger partial charge in [-0.05, 0) is 35.9 Å². The van der Waals surface area contributed by atoms with Crippen LogP contribution >= 0.6 is 23.2 Å². The first kappa shape index (κ1) is 17.0. The molecule has 0 fully saturated rings. The smallest absolute Gasteiger partial charge is 0.259 e. The second kappa shape index (κ2) is 8.31. The van der Waals surface area contributed by atoms with Crippen LogP contribution < -0.4 is 10.7 Å². The molecule has 0 heterocycles. The van der Waals surface area contributed by atoms with Crippen LogP contribution in [0.2, 0.25) is 10.0 Å². The van der Waals surface area contributed by atoms with Crippen molar-refractivity contribution >= 4 is 41.2 Å². The molecule has 0 unspecified atom stereocenters. The Morgan fingerprint density at radius 2 is 1.78 bits per heavy atom. The summed E-state index contributed by atoms with van der Waals surface area (Å²) < 4.78 is 0. The first-order chi connectivity index (χ1) is 11.0. The van der Waals surface area contributed by atoms with Crippen LogP contribution in [0.1, 0.15) is 15.9 Å². The molecule has 2 aromatic rings. The molecule has 0 saturated carbocycles. The first-order valence-electron chi connectivity index (χ1n) is 6.66. The van der Waals surface area contributed by atoms with Crippen LogP contribution in [-0.2, 0) is 4.79 Å². The van der Waals surface area contributed by atoms with Crippen LogP contribution in [0.4, 0.5) is 0 Å². The van der Waals surface area contributed by atoms with E-state index in [4.69, 9.17) is 23.2 Å². The zero-order chi connectivity index (χ0) is 16.7. The number of nitrogens with zero attached hydrogens (tertiary/aromatic N) is 1. The number of benzene rings is 2. The summed E-state index contributed by atoms with van der Waals surface area (Å²) >= 11 is 11.6. The molecule has 0 atom stereocenters. The fourth-order valence-electron chi connectivity index (χ4n) is 1.66. The zero-order valence-corrected chi connectivity index (χ0v) is 13.4. The van der Waals surface area contributed by atoms with Gasteiger partial charge in [-0.2, -0.15) is 5.10 Å². The Balaban J connectivity index is 1.78. The summed E-state index contributed by atoms with van der Waals surface area (Å²) in [6.07, 6.45) is 1.48. The minimum Gasteiger partial charge on any atom is -0.343 e. The molecular weight excluding hydrogens is 337 g/mol. The molecule has 2 aromatic carbocycles. The summed E-state index contributed by atoms with van der Waals surface area (Å²) in [5.74, 6) is -0.824. The van der Waals surface area contributed by atoms with Gasteiger partial charge in [-0.25, -0.2) is 5.43 Å². The Labute approximate surface area is 143 Å². The van der Waals surface area contributed by atoms with Crippen molar-refractivity contribution in [1.29, 1.82) is 0 Å². The summed E-state index contributed by atoms with van der Waals surface area (Å²) in [5.41, 5.74) is 3.49. The molecule has 0 saturated heterocycles. The molecule has 0 aliphatic rings. The van der Waals surface area contributed by atoms with E-state index < -0.39 is 5.91 Å². The first-order valence-corrected chi connectivity index (χ1v) is 7.41. The molecule has 0 aliphatic heterocycles. The Kier molecular flexibility index (Phi) is 6.14. The minimum absolute atomic E-state index is 0.191. The van der Waals surface area contributed by atoms with Gasteiger partial charge in [0.15, 0.2) is 0 Å². The third kappa shape index (κ3) is 5.73. The number of carbonyl (C=O) groups excluding carboxylic acids is 2. The number of nitrogens with one attached hydrogen (secondary N) is 2. The Hall–Kier alpha value is -2.37. The van der Waals surface area contributed by atoms with Crippen LogP contribution in [0.15, 0.2) is 53.6 Å². The maximum atomic E-state index is 11.8. The molecule has 7 heteroatoms. The van der Waals surface area contributed by atoms with Gasteiger partial charge >= 0.3 is 0 Å². The SMILES string of the molecule is O=C(CNC(=O)c1cccc(Cl)c1)N/N=C/c1ccc(Cl)cc1. The lowest BCUT2D eigenvalue weighted by molar-refractivity contribution is -0.120. The van der Waals surface area contributed by atoms with Gasteiger partial charge in [-0.15, -0.1) is 0 Å². The molecule has 0 radical (unpaired) electrons. The Morgan fingerprint density at radius 1 is 1.04 bits per heavy atom. The van der Waals surface area contributed by atoms with Gasteiger partial charge in [0, 0.05) is 15.6 Å². The van der Waals surface area contributed by atoms with Crippen LogP contribution in [0, 0.1) is 0 Å². The van der Waals surface area contributed by atoms with Crippen molar-refractivity contribution in [3.63, 3.8) is 0 Å². The van der Waals surface area contributed by atoms with E-state index in [1.807, 2.05) is 0 Å². The lowest BCUT2D eigenvalue weighted by Crippen LogP contribution is -2.34. The van der Waals surface area contributed by atoms with Gasteiger partial charge in [0.1, 0.15) is 0 Å². The van der Waals surface area contributed by atoms with Gasteiger partial charge in [0.05, 0.1) is 12.8 Å². The number of halogens is 2. The van der Waals surface area contributed by atoms with Gasteiger partial charge in [0.2, 0.25) is 0 Å². The summed E-state index contributed by atoms with van der Waals surface area (Å²) in [6.45, 7) is -0.191. The highest BCUT2D eigenvalue weighted by molar-refractivity contribution is 6.31. The molecule has 2 rings (SSSR count). The number of rotatable bonds is 5. The molecule has 0 aliphatic carbocycles. The molecule has 118 valence electrons. The van der Waals surface area contributed by atoms with E-state index >= 15 is 0 Å². The maximum Gasteiger partial charge on any atom is 0.259 e. The molecule has 23 heavy (non-hydrogen) atoms. The Morgan fingerprint density at radius 3 is 2.48 bits per heavy atom. The summed E-state index contributed by atoms with van der Waals surface area (Å²) in [6, 6.07) is 13.4. The van der Waals surface area contributed by atoms with Crippen molar-refractivity contribution < 1.29 is 9.59 Å². The summed E-state index contributed by atoms with van der Waals surface area (Å²) in [5, 5.41) is 7.35. The zero-order valence-electron chi connectivity index (χ0n) is 11.9. The third-order valence-corrected chi connectivity index (χ3v) is 3.26. The predicted octanol–water partition coefficient (Wildman–Crippen LogP) is 2.87. The number of hydrogen-bond donors (Lipinski definition) is 2. The molecule has 5 nitrogen and oxygen atoms in total. The van der Waals surface area contributed by atoms with Gasteiger partial charge in [-0.3, -0.25) is 9.59 Å². The van der Waals surface area contributed by atoms with E-state index in [-0.39, 0.29) is 12.5 Å². The lowest BCUT2D eigenvalue weighted by Gasteiger charge is -2.04. The quantitative estimate of drug-likeness (QED) is 0.643. The normalized spacial score (nSPS) is 10.5. The van der Waals surface area contributed by atoms with E-state index in [9.17, 15) is 9.59 Å². The highest BCUT2D eigenvalue weighted by atomic mass is 35.5. The monoisotopic (exact) mass is 349 g/mol. The molecule has 0 aromatic heterocycles.